The van der Waals surface area contributed by atoms with Crippen molar-refractivity contribution in [3.8, 4) is 0 Å². The van der Waals surface area contributed by atoms with Crippen LogP contribution in [0.2, 0.25) is 0 Å². The average Bonchev–Trinajstić information content (AvgIpc) is 4.02. The van der Waals surface area contributed by atoms with Crippen LogP contribution in [0.4, 0.5) is 0 Å². The molecule has 8 rings (SSSR count). The summed E-state index contributed by atoms with van der Waals surface area (Å²) in [6, 6.07) is 80.5. The van der Waals surface area contributed by atoms with Crippen molar-refractivity contribution in [2.45, 2.75) is 0 Å². The Bertz CT molecular complexity index is 1580. The van der Waals surface area contributed by atoms with E-state index in [0.717, 1.165) is 0 Å². The van der Waals surface area contributed by atoms with Crippen LogP contribution in [0.1, 0.15) is 0 Å². The molecule has 0 N–H and O–H groups in total. The van der Waals surface area contributed by atoms with Gasteiger partial charge in [-0.05, 0) is 37.1 Å². The molecule has 0 saturated carbocycles. The van der Waals surface area contributed by atoms with Crippen molar-refractivity contribution in [3.63, 3.8) is 0 Å². The maximum absolute atomic E-state index is 4.81. The van der Waals surface area contributed by atoms with Gasteiger partial charge in [-0.15, -0.1) is 10.6 Å². The molecule has 0 radical (unpaired) electrons. The molecular weight excluding hydrogens is 879 g/mol. The van der Waals surface area contributed by atoms with E-state index < -0.39 is 15.8 Å². The first kappa shape index (κ1) is 44.6. The topological polar surface area (TPSA) is 0 Å². The van der Waals surface area contributed by atoms with E-state index in [2.05, 4.69) is 170 Å². The van der Waals surface area contributed by atoms with Gasteiger partial charge in [-0.1, -0.05) is 121 Å². The van der Waals surface area contributed by atoms with E-state index >= 15 is 0 Å². The maximum atomic E-state index is 4.81. The molecule has 51 heavy (non-hydrogen) atoms. The van der Waals surface area contributed by atoms with Crippen LogP contribution in [0.3, 0.4) is 0 Å². The molecule has 8 aromatic carbocycles. The zero-order valence-electron chi connectivity index (χ0n) is 27.6. The van der Waals surface area contributed by atoms with Gasteiger partial charge in [0.1, 0.15) is 0 Å². The predicted octanol–water partition coefficient (Wildman–Crippen LogP) is 10.5. The number of benzene rings is 4. The second-order valence-electron chi connectivity index (χ2n) is 10.3. The summed E-state index contributed by atoms with van der Waals surface area (Å²) in [5, 5.41) is 8.47. The average molecular weight is 918 g/mol. The summed E-state index contributed by atoms with van der Waals surface area (Å²) >= 11 is -0.106. The molecule has 0 bridgehead atoms. The third kappa shape index (κ3) is 16.3. The Labute approximate surface area is 344 Å². The molecule has 0 heterocycles. The summed E-state index contributed by atoms with van der Waals surface area (Å²) in [5.74, 6) is 0. The molecule has 7 heteroatoms. The summed E-state index contributed by atoms with van der Waals surface area (Å²) in [6.07, 6.45) is 0. The SMILES string of the molecule is [Cl][Pd][Cl].[Fe].[Fe].[cH-]1[cH-][cH-][cH-][cH-]1.c1cc[cH-]c1.c1ccc(P(c2ccccc2)c2ccc[cH-]2)cc1.c1ccc(P(c2ccccc2)c2ccc[cH-]2)cc1. The van der Waals surface area contributed by atoms with Gasteiger partial charge in [0.05, 0.1) is 0 Å². The van der Waals surface area contributed by atoms with Crippen LogP contribution in [0.25, 0.3) is 0 Å². The monoisotopic (exact) mass is 916 g/mol. The molecule has 0 amide bonds. The smallest absolute Gasteiger partial charge is 0 e. The third-order valence-electron chi connectivity index (χ3n) is 6.98. The van der Waals surface area contributed by atoms with E-state index in [-0.39, 0.29) is 50.1 Å². The van der Waals surface area contributed by atoms with Crippen molar-refractivity contribution in [2.24, 2.45) is 0 Å². The van der Waals surface area contributed by atoms with Gasteiger partial charge in [0.2, 0.25) is 0 Å². The fourth-order valence-corrected chi connectivity index (χ4v) is 9.48. The molecule has 0 spiro atoms. The van der Waals surface area contributed by atoms with Crippen molar-refractivity contribution in [1.82, 2.24) is 0 Å². The fourth-order valence-electron chi connectivity index (χ4n) is 4.87. The molecule has 0 saturated heterocycles. The minimum Gasteiger partial charge on any atom is -0.748 e. The van der Waals surface area contributed by atoms with Crippen LogP contribution in [0, 0.1) is 0 Å². The molecule has 0 nitrogen and oxygen atoms in total. The second kappa shape index (κ2) is 28.0. The molecule has 0 aliphatic rings. The Morgan fingerprint density at radius 1 is 0.353 bits per heavy atom. The van der Waals surface area contributed by atoms with Crippen LogP contribution in [-0.4, -0.2) is 0 Å². The number of halogens is 2. The molecule has 8 aromatic rings. The number of hydrogen-bond donors (Lipinski definition) is 0. The Morgan fingerprint density at radius 2 is 0.627 bits per heavy atom. The van der Waals surface area contributed by atoms with E-state index in [4.69, 9.17) is 19.1 Å². The first-order valence-electron chi connectivity index (χ1n) is 15.7. The van der Waals surface area contributed by atoms with Gasteiger partial charge >= 0.3 is 35.0 Å². The summed E-state index contributed by atoms with van der Waals surface area (Å²) in [7, 11) is 8.81. The first-order chi connectivity index (χ1) is 24.3. The molecule has 0 aromatic heterocycles. The molecule has 0 aliphatic carbocycles. The van der Waals surface area contributed by atoms with Gasteiger partial charge in [-0.2, -0.15) is 42.5 Å². The Hall–Kier alpha value is -2.58. The molecule has 0 aliphatic heterocycles. The van der Waals surface area contributed by atoms with E-state index in [1.807, 2.05) is 60.7 Å². The van der Waals surface area contributed by atoms with Crippen LogP contribution >= 0.6 is 34.9 Å². The quantitative estimate of drug-likeness (QED) is 0.0886. The van der Waals surface area contributed by atoms with Crippen LogP contribution in [0.15, 0.2) is 231 Å². The summed E-state index contributed by atoms with van der Waals surface area (Å²) < 4.78 is 0. The third-order valence-corrected chi connectivity index (χ3v) is 11.9. The fraction of sp³-hybridized carbons (Fsp3) is 0. The van der Waals surface area contributed by atoms with Crippen molar-refractivity contribution in [1.29, 1.82) is 0 Å². The normalized spacial score (nSPS) is 9.57. The van der Waals surface area contributed by atoms with Gasteiger partial charge in [-0.3, -0.25) is 0 Å². The van der Waals surface area contributed by atoms with E-state index in [1.165, 1.54) is 31.8 Å². The van der Waals surface area contributed by atoms with Crippen molar-refractivity contribution < 1.29 is 50.1 Å². The Kier molecular flexibility index (Phi) is 24.5. The zero-order chi connectivity index (χ0) is 34.2. The molecule has 0 atom stereocenters. The van der Waals surface area contributed by atoms with Crippen LogP contribution in [0.5, 0.6) is 0 Å². The predicted molar refractivity (Wildman–Crippen MR) is 217 cm³/mol. The van der Waals surface area contributed by atoms with Gasteiger partial charge in [-0.25, -0.2) is 36.4 Å². The zero-order valence-corrected chi connectivity index (χ0v) is 34.7. The molecule has 0 unspecified atom stereocenters. The second-order valence-corrected chi connectivity index (χ2v) is 17.1. The summed E-state index contributed by atoms with van der Waals surface area (Å²) in [4.78, 5) is 0. The van der Waals surface area contributed by atoms with E-state index in [1.54, 1.807) is 0 Å². The minimum atomic E-state index is -0.409. The molecular formula is C44H38Cl2Fe2P2Pd-8. The molecule has 0 fully saturated rings. The van der Waals surface area contributed by atoms with Crippen molar-refractivity contribution in [2.75, 3.05) is 0 Å². The minimum absolute atomic E-state index is 0. The van der Waals surface area contributed by atoms with Gasteiger partial charge in [0.25, 0.3) is 0 Å². The first-order valence-corrected chi connectivity index (χ1v) is 22.4. The molecule has 272 valence electrons. The van der Waals surface area contributed by atoms with Crippen molar-refractivity contribution in [3.05, 3.63) is 231 Å². The Morgan fingerprint density at radius 3 is 0.824 bits per heavy atom. The largest absolute Gasteiger partial charge is 0.748 e. The summed E-state index contributed by atoms with van der Waals surface area (Å²) in [6.45, 7) is 0. The van der Waals surface area contributed by atoms with Crippen LogP contribution < -0.4 is 31.8 Å². The van der Waals surface area contributed by atoms with Gasteiger partial charge in [0, 0.05) is 34.1 Å². The number of rotatable bonds is 6. The van der Waals surface area contributed by atoms with Gasteiger partial charge in [0.15, 0.2) is 0 Å². The maximum Gasteiger partial charge on any atom is 0 e. The van der Waals surface area contributed by atoms with Crippen molar-refractivity contribution >= 4 is 66.7 Å². The number of hydrogen-bond acceptors (Lipinski definition) is 0. The van der Waals surface area contributed by atoms with E-state index in [9.17, 15) is 0 Å². The Balaban J connectivity index is 0.000000255. The standard InChI is InChI=1S/2C17H14P.2C5H5.2ClH.2Fe.Pd/c2*1-3-9-15(10-4-1)18(17-13-7-8-14-17)16-11-5-2-6-12-16;2*1-2-4-5-3-1;;;;;/h2*1-14H;2*1-5H;2*1H;;;/q2*-1;-5;-1;;;;;+2/p-2. The van der Waals surface area contributed by atoms with Crippen LogP contribution in [-0.2, 0) is 50.1 Å². The van der Waals surface area contributed by atoms with E-state index in [0.29, 0.717) is 0 Å². The van der Waals surface area contributed by atoms with Gasteiger partial charge < -0.3 is 30.3 Å². The summed E-state index contributed by atoms with van der Waals surface area (Å²) in [5.41, 5.74) is 0.